The Hall–Kier alpha value is -3.23. The summed E-state index contributed by atoms with van der Waals surface area (Å²) >= 11 is 0. The Balaban J connectivity index is 0.00000114. The van der Waals surface area contributed by atoms with E-state index in [-0.39, 0.29) is 41.8 Å². The van der Waals surface area contributed by atoms with Crippen molar-refractivity contribution in [3.63, 3.8) is 0 Å². The number of nitrogens with one attached hydrogen (secondary N) is 2. The monoisotopic (exact) mass is 444 g/mol. The molecule has 3 N–H and O–H groups in total. The van der Waals surface area contributed by atoms with Crippen molar-refractivity contribution in [2.24, 2.45) is 18.9 Å². The van der Waals surface area contributed by atoms with E-state index in [1.165, 1.54) is 10.9 Å². The first-order valence-electron chi connectivity index (χ1n) is 10.8. The van der Waals surface area contributed by atoms with E-state index in [0.29, 0.717) is 22.4 Å². The number of aryl methyl sites for hydroxylation is 1. The highest BCUT2D eigenvalue weighted by atomic mass is 16.3. The van der Waals surface area contributed by atoms with E-state index in [9.17, 15) is 14.4 Å². The number of fused-ring (bicyclic) bond motifs is 1. The van der Waals surface area contributed by atoms with Crippen molar-refractivity contribution in [3.8, 4) is 0 Å². The number of hydrogen-bond donors (Lipinski definition) is 3. The number of aromatic nitrogens is 2. The summed E-state index contributed by atoms with van der Waals surface area (Å²) in [5.74, 6) is 0.380. The zero-order valence-electron chi connectivity index (χ0n) is 19.0. The van der Waals surface area contributed by atoms with Crippen molar-refractivity contribution in [3.05, 3.63) is 40.4 Å². The molecule has 0 saturated heterocycles. The maximum atomic E-state index is 12.6. The molecule has 0 spiro atoms. The van der Waals surface area contributed by atoms with Crippen molar-refractivity contribution in [1.82, 2.24) is 20.2 Å². The molecule has 1 aromatic carbocycles. The van der Waals surface area contributed by atoms with Gasteiger partial charge in [-0.1, -0.05) is 13.8 Å². The van der Waals surface area contributed by atoms with E-state index < -0.39 is 0 Å². The molecule has 9 nitrogen and oxygen atoms in total. The van der Waals surface area contributed by atoms with Crippen LogP contribution < -0.4 is 16.2 Å². The molecule has 9 heteroatoms. The molecule has 1 aliphatic carbocycles. The lowest BCUT2D eigenvalue weighted by molar-refractivity contribution is -0.127. The van der Waals surface area contributed by atoms with Crippen LogP contribution in [-0.2, 0) is 16.6 Å². The Morgan fingerprint density at radius 1 is 1.19 bits per heavy atom. The minimum atomic E-state index is -0.250. The van der Waals surface area contributed by atoms with Gasteiger partial charge in [-0.3, -0.25) is 19.2 Å². The Labute approximate surface area is 187 Å². The predicted octanol–water partition coefficient (Wildman–Crippen LogP) is 2.08. The van der Waals surface area contributed by atoms with Crippen LogP contribution in [0.25, 0.3) is 10.9 Å². The van der Waals surface area contributed by atoms with E-state index in [2.05, 4.69) is 29.5 Å². The Kier molecular flexibility index (Phi) is 8.92. The van der Waals surface area contributed by atoms with Crippen LogP contribution in [-0.4, -0.2) is 45.0 Å². The second-order valence-electron chi connectivity index (χ2n) is 8.56. The van der Waals surface area contributed by atoms with Crippen LogP contribution in [0, 0.1) is 11.8 Å². The molecule has 0 radical (unpaired) electrons. The van der Waals surface area contributed by atoms with Crippen molar-refractivity contribution in [2.45, 2.75) is 58.5 Å². The number of carboxylic acid groups (broad SMARTS) is 1. The van der Waals surface area contributed by atoms with Crippen molar-refractivity contribution >= 4 is 29.2 Å². The van der Waals surface area contributed by atoms with Crippen LogP contribution in [0.3, 0.4) is 0 Å². The SMILES string of the molecule is CC(C)C(C)NC(=O)C1CCC(NC(=O)c2ccc3c(=O)n(C)cnc3c2)CC1.O=CO. The first kappa shape index (κ1) is 25.0. The second-order valence-corrected chi connectivity index (χ2v) is 8.56. The zero-order valence-corrected chi connectivity index (χ0v) is 19.0. The third kappa shape index (κ3) is 6.38. The first-order valence-corrected chi connectivity index (χ1v) is 10.8. The second kappa shape index (κ2) is 11.4. The summed E-state index contributed by atoms with van der Waals surface area (Å²) in [5, 5.41) is 13.5. The summed E-state index contributed by atoms with van der Waals surface area (Å²) < 4.78 is 1.42. The molecule has 1 atom stereocenters. The molecule has 3 rings (SSSR count). The summed E-state index contributed by atoms with van der Waals surface area (Å²) in [4.78, 5) is 49.8. The average molecular weight is 445 g/mol. The number of nitrogens with zero attached hydrogens (tertiary/aromatic N) is 2. The summed E-state index contributed by atoms with van der Waals surface area (Å²) in [5.41, 5.74) is 0.870. The first-order chi connectivity index (χ1) is 15.2. The lowest BCUT2D eigenvalue weighted by atomic mass is 9.85. The molecule has 1 heterocycles. The van der Waals surface area contributed by atoms with E-state index in [1.54, 1.807) is 25.2 Å². The quantitative estimate of drug-likeness (QED) is 0.605. The van der Waals surface area contributed by atoms with Crippen LogP contribution in [0.5, 0.6) is 0 Å². The van der Waals surface area contributed by atoms with Gasteiger partial charge in [-0.2, -0.15) is 0 Å². The van der Waals surface area contributed by atoms with Gasteiger partial charge in [0, 0.05) is 30.6 Å². The van der Waals surface area contributed by atoms with Gasteiger partial charge in [0.15, 0.2) is 0 Å². The number of carbonyl (C=O) groups is 3. The third-order valence-electron chi connectivity index (χ3n) is 5.98. The lowest BCUT2D eigenvalue weighted by Gasteiger charge is -2.29. The van der Waals surface area contributed by atoms with Crippen molar-refractivity contribution < 1.29 is 19.5 Å². The van der Waals surface area contributed by atoms with Crippen LogP contribution >= 0.6 is 0 Å². The number of benzene rings is 1. The third-order valence-corrected chi connectivity index (χ3v) is 5.98. The molecule has 2 aromatic rings. The molecule has 1 fully saturated rings. The number of rotatable bonds is 5. The van der Waals surface area contributed by atoms with Gasteiger partial charge in [-0.05, 0) is 56.7 Å². The van der Waals surface area contributed by atoms with Crippen molar-refractivity contribution in [2.75, 3.05) is 0 Å². The number of carbonyl (C=O) groups excluding carboxylic acids is 2. The van der Waals surface area contributed by atoms with E-state index in [0.717, 1.165) is 25.7 Å². The fraction of sp³-hybridized carbons (Fsp3) is 0.522. The fourth-order valence-electron chi connectivity index (χ4n) is 3.63. The average Bonchev–Trinajstić information content (AvgIpc) is 2.77. The Morgan fingerprint density at radius 3 is 2.41 bits per heavy atom. The largest absolute Gasteiger partial charge is 0.483 e. The van der Waals surface area contributed by atoms with E-state index in [4.69, 9.17) is 9.90 Å². The standard InChI is InChI=1S/C22H30N4O3.CH2O2/c1-13(2)14(3)24-20(27)15-5-8-17(9-6-15)25-21(28)16-7-10-18-19(11-16)23-12-26(4)22(18)29;2-1-3/h7,10-15,17H,5-6,8-9H2,1-4H3,(H,24,27)(H,25,28);1H,(H,2,3). The maximum absolute atomic E-state index is 12.6. The van der Waals surface area contributed by atoms with Crippen LogP contribution in [0.2, 0.25) is 0 Å². The summed E-state index contributed by atoms with van der Waals surface area (Å²) in [6, 6.07) is 5.18. The number of hydrogen-bond acceptors (Lipinski definition) is 5. The molecular formula is C23H32N4O5. The van der Waals surface area contributed by atoms with Crippen molar-refractivity contribution in [1.29, 1.82) is 0 Å². The summed E-state index contributed by atoms with van der Waals surface area (Å²) in [6.45, 7) is 5.97. The van der Waals surface area contributed by atoms with Gasteiger partial charge in [0.2, 0.25) is 5.91 Å². The molecular weight excluding hydrogens is 412 g/mol. The highest BCUT2D eigenvalue weighted by Crippen LogP contribution is 2.25. The van der Waals surface area contributed by atoms with Gasteiger partial charge in [-0.25, -0.2) is 4.98 Å². The van der Waals surface area contributed by atoms with Gasteiger partial charge in [0.1, 0.15) is 0 Å². The molecule has 174 valence electrons. The minimum absolute atomic E-state index is 0.0189. The van der Waals surface area contributed by atoms with Crippen LogP contribution in [0.1, 0.15) is 56.8 Å². The molecule has 1 saturated carbocycles. The zero-order chi connectivity index (χ0) is 23.8. The van der Waals surface area contributed by atoms with Gasteiger partial charge in [0.05, 0.1) is 17.2 Å². The summed E-state index contributed by atoms with van der Waals surface area (Å²) in [6.07, 6.45) is 4.57. The molecule has 2 amide bonds. The lowest BCUT2D eigenvalue weighted by Crippen LogP contribution is -2.43. The smallest absolute Gasteiger partial charge is 0.290 e. The minimum Gasteiger partial charge on any atom is -0.483 e. The predicted molar refractivity (Wildman–Crippen MR) is 121 cm³/mol. The molecule has 1 aliphatic rings. The Bertz CT molecular complexity index is 1010. The topological polar surface area (TPSA) is 130 Å². The highest BCUT2D eigenvalue weighted by Gasteiger charge is 2.28. The molecule has 0 bridgehead atoms. The molecule has 0 aliphatic heterocycles. The van der Waals surface area contributed by atoms with E-state index in [1.807, 2.05) is 6.92 Å². The van der Waals surface area contributed by atoms with E-state index >= 15 is 0 Å². The Morgan fingerprint density at radius 2 is 1.81 bits per heavy atom. The van der Waals surface area contributed by atoms with Crippen LogP contribution in [0.4, 0.5) is 0 Å². The normalized spacial score (nSPS) is 18.9. The van der Waals surface area contributed by atoms with Gasteiger partial charge in [-0.15, -0.1) is 0 Å². The number of amides is 2. The molecule has 1 aromatic heterocycles. The van der Waals surface area contributed by atoms with Crippen LogP contribution in [0.15, 0.2) is 29.3 Å². The maximum Gasteiger partial charge on any atom is 0.290 e. The molecule has 32 heavy (non-hydrogen) atoms. The van der Waals surface area contributed by atoms with Gasteiger partial charge in [0.25, 0.3) is 17.9 Å². The fourth-order valence-corrected chi connectivity index (χ4v) is 3.63. The van der Waals surface area contributed by atoms with Gasteiger partial charge < -0.3 is 20.3 Å². The van der Waals surface area contributed by atoms with Gasteiger partial charge >= 0.3 is 0 Å². The molecule has 1 unspecified atom stereocenters. The highest BCUT2D eigenvalue weighted by molar-refractivity contribution is 5.97. The summed E-state index contributed by atoms with van der Waals surface area (Å²) in [7, 11) is 1.65.